The number of anilines is 1. The van der Waals surface area contributed by atoms with Gasteiger partial charge < -0.3 is 15.4 Å². The van der Waals surface area contributed by atoms with Crippen molar-refractivity contribution in [2.75, 3.05) is 5.32 Å². The van der Waals surface area contributed by atoms with Crippen LogP contribution in [-0.2, 0) is 11.2 Å². The van der Waals surface area contributed by atoms with Gasteiger partial charge in [0.05, 0.1) is 11.9 Å². The maximum Gasteiger partial charge on any atom is 0.240 e. The molecule has 2 aromatic carbocycles. The molecule has 0 saturated heterocycles. The van der Waals surface area contributed by atoms with Gasteiger partial charge in [0.25, 0.3) is 0 Å². The Hall–Kier alpha value is -3.50. The second-order valence-corrected chi connectivity index (χ2v) is 8.12. The molecule has 2 N–H and O–H groups in total. The molecule has 162 valence electrons. The van der Waals surface area contributed by atoms with Crippen molar-refractivity contribution in [1.29, 1.82) is 0 Å². The van der Waals surface area contributed by atoms with Gasteiger partial charge in [0.2, 0.25) is 11.8 Å². The summed E-state index contributed by atoms with van der Waals surface area (Å²) in [6.45, 7) is 1.93. The molecule has 0 spiro atoms. The number of thiocarbonyl (C=S) groups is 1. The van der Waals surface area contributed by atoms with E-state index in [1.165, 1.54) is 54.1 Å². The molecule has 10 heteroatoms. The first-order chi connectivity index (χ1) is 15.4. The molecule has 4 aromatic rings. The predicted molar refractivity (Wildman–Crippen MR) is 123 cm³/mol. The monoisotopic (exact) mass is 470 g/mol. The van der Waals surface area contributed by atoms with E-state index in [4.69, 9.17) is 17.0 Å². The first kappa shape index (κ1) is 21.7. The summed E-state index contributed by atoms with van der Waals surface area (Å²) in [7, 11) is 0. The first-order valence-corrected chi connectivity index (χ1v) is 10.7. The Morgan fingerprint density at radius 1 is 1.16 bits per heavy atom. The number of ether oxygens (including phenoxy) is 1. The first-order valence-electron chi connectivity index (χ1n) is 9.40. The maximum atomic E-state index is 14.6. The summed E-state index contributed by atoms with van der Waals surface area (Å²) in [4.78, 5) is 20.4. The topological polar surface area (TPSA) is 76.1 Å². The third kappa shape index (κ3) is 5.04. The minimum Gasteiger partial charge on any atom is -0.434 e. The standard InChI is InChI=1S/C22H16F2N4O2S2/c1-12-10-32-20-19(12)25-11-26-21(20)30-17-7-6-15(9-16(17)24)27-22(31)28-18(29)8-13-2-4-14(23)5-3-13/h2-7,9-11H,8H2,1H3,(H2,27,28,29,31). The smallest absolute Gasteiger partial charge is 0.240 e. The number of fused-ring (bicyclic) bond motifs is 1. The van der Waals surface area contributed by atoms with E-state index >= 15 is 0 Å². The van der Waals surface area contributed by atoms with Crippen LogP contribution < -0.4 is 15.4 Å². The lowest BCUT2D eigenvalue weighted by atomic mass is 10.1. The molecule has 6 nitrogen and oxygen atoms in total. The normalized spacial score (nSPS) is 10.7. The molecule has 0 aliphatic heterocycles. The van der Waals surface area contributed by atoms with Crippen molar-refractivity contribution in [2.45, 2.75) is 13.3 Å². The van der Waals surface area contributed by atoms with Crippen LogP contribution in [0, 0.1) is 18.6 Å². The average Bonchev–Trinajstić information content (AvgIpc) is 3.13. The zero-order valence-corrected chi connectivity index (χ0v) is 18.3. The van der Waals surface area contributed by atoms with Crippen LogP contribution in [0.15, 0.2) is 54.2 Å². The number of rotatable bonds is 5. The van der Waals surface area contributed by atoms with E-state index in [1.807, 2.05) is 12.3 Å². The number of nitrogens with zero attached hydrogens (tertiary/aromatic N) is 2. The van der Waals surface area contributed by atoms with Gasteiger partial charge in [-0.15, -0.1) is 11.3 Å². The molecule has 0 atom stereocenters. The van der Waals surface area contributed by atoms with Crippen molar-refractivity contribution < 1.29 is 18.3 Å². The van der Waals surface area contributed by atoms with E-state index in [0.717, 1.165) is 15.8 Å². The molecule has 0 fully saturated rings. The van der Waals surface area contributed by atoms with Crippen molar-refractivity contribution in [1.82, 2.24) is 15.3 Å². The molecule has 4 rings (SSSR count). The Labute approximate surface area is 191 Å². The van der Waals surface area contributed by atoms with Crippen LogP contribution in [0.3, 0.4) is 0 Å². The van der Waals surface area contributed by atoms with Gasteiger partial charge in [-0.1, -0.05) is 12.1 Å². The Bertz CT molecular complexity index is 1310. The zero-order valence-electron chi connectivity index (χ0n) is 16.7. The molecule has 0 bridgehead atoms. The molecule has 0 aliphatic rings. The summed E-state index contributed by atoms with van der Waals surface area (Å²) in [5, 5.41) is 7.20. The number of aryl methyl sites for hydroxylation is 1. The molecule has 0 radical (unpaired) electrons. The Morgan fingerprint density at radius 2 is 1.94 bits per heavy atom. The number of aromatic nitrogens is 2. The number of benzene rings is 2. The third-order valence-electron chi connectivity index (χ3n) is 4.43. The highest BCUT2D eigenvalue weighted by molar-refractivity contribution is 7.80. The number of carbonyl (C=O) groups is 1. The van der Waals surface area contributed by atoms with E-state index in [9.17, 15) is 13.6 Å². The number of amides is 1. The van der Waals surface area contributed by atoms with Crippen LogP contribution in [0.5, 0.6) is 11.6 Å². The van der Waals surface area contributed by atoms with Crippen molar-refractivity contribution in [3.63, 3.8) is 0 Å². The Balaban J connectivity index is 1.39. The van der Waals surface area contributed by atoms with E-state index in [1.54, 1.807) is 6.07 Å². The van der Waals surface area contributed by atoms with Crippen LogP contribution in [0.2, 0.25) is 0 Å². The molecule has 2 heterocycles. The summed E-state index contributed by atoms with van der Waals surface area (Å²) < 4.78 is 34.0. The van der Waals surface area contributed by atoms with E-state index < -0.39 is 5.82 Å². The van der Waals surface area contributed by atoms with Gasteiger partial charge >= 0.3 is 0 Å². The van der Waals surface area contributed by atoms with Gasteiger partial charge in [0.15, 0.2) is 16.7 Å². The molecular weight excluding hydrogens is 454 g/mol. The number of hydrogen-bond acceptors (Lipinski definition) is 6. The Kier molecular flexibility index (Phi) is 6.33. The summed E-state index contributed by atoms with van der Waals surface area (Å²) >= 11 is 6.54. The van der Waals surface area contributed by atoms with E-state index in [0.29, 0.717) is 11.3 Å². The van der Waals surface area contributed by atoms with Gasteiger partial charge in [-0.3, -0.25) is 4.79 Å². The van der Waals surface area contributed by atoms with Crippen LogP contribution in [0.1, 0.15) is 11.1 Å². The van der Waals surface area contributed by atoms with Gasteiger partial charge in [-0.25, -0.2) is 18.7 Å². The number of carbonyl (C=O) groups excluding carboxylic acids is 1. The minimum absolute atomic E-state index is 0.00660. The molecule has 0 aliphatic carbocycles. The third-order valence-corrected chi connectivity index (χ3v) is 5.70. The number of halogens is 2. The fourth-order valence-corrected chi connectivity index (χ4v) is 4.07. The molecule has 0 unspecified atom stereocenters. The van der Waals surface area contributed by atoms with Crippen molar-refractivity contribution >= 4 is 50.5 Å². The van der Waals surface area contributed by atoms with Crippen LogP contribution in [0.25, 0.3) is 10.2 Å². The van der Waals surface area contributed by atoms with Crippen LogP contribution >= 0.6 is 23.6 Å². The van der Waals surface area contributed by atoms with Crippen molar-refractivity contribution in [2.24, 2.45) is 0 Å². The fourth-order valence-electron chi connectivity index (χ4n) is 2.91. The molecular formula is C22H16F2N4O2S2. The van der Waals surface area contributed by atoms with Gasteiger partial charge in [0.1, 0.15) is 16.8 Å². The second kappa shape index (κ2) is 9.33. The summed E-state index contributed by atoms with van der Waals surface area (Å²) in [5.41, 5.74) is 2.73. The van der Waals surface area contributed by atoms with Crippen LogP contribution in [0.4, 0.5) is 14.5 Å². The number of hydrogen-bond donors (Lipinski definition) is 2. The largest absolute Gasteiger partial charge is 0.434 e. The summed E-state index contributed by atoms with van der Waals surface area (Å²) in [5.74, 6) is -1.12. The van der Waals surface area contributed by atoms with Gasteiger partial charge in [0, 0.05) is 11.8 Å². The van der Waals surface area contributed by atoms with Crippen molar-refractivity contribution in [3.8, 4) is 11.6 Å². The van der Waals surface area contributed by atoms with Gasteiger partial charge in [-0.05, 0) is 59.9 Å². The summed E-state index contributed by atoms with van der Waals surface area (Å²) in [6.07, 6.45) is 1.40. The fraction of sp³-hybridized carbons (Fsp3) is 0.0909. The van der Waals surface area contributed by atoms with E-state index in [2.05, 4.69) is 20.6 Å². The molecule has 32 heavy (non-hydrogen) atoms. The maximum absolute atomic E-state index is 14.6. The highest BCUT2D eigenvalue weighted by Crippen LogP contribution is 2.34. The lowest BCUT2D eigenvalue weighted by molar-refractivity contribution is -0.119. The quantitative estimate of drug-likeness (QED) is 0.394. The SMILES string of the molecule is Cc1csc2c(Oc3ccc(NC(=S)NC(=O)Cc4ccc(F)cc4)cc3F)ncnc12. The van der Waals surface area contributed by atoms with Gasteiger partial charge in [-0.2, -0.15) is 0 Å². The highest BCUT2D eigenvalue weighted by Gasteiger charge is 2.14. The summed E-state index contributed by atoms with van der Waals surface area (Å²) in [6, 6.07) is 9.79. The highest BCUT2D eigenvalue weighted by atomic mass is 32.1. The lowest BCUT2D eigenvalue weighted by Gasteiger charge is -2.11. The number of thiophene rings is 1. The van der Waals surface area contributed by atoms with Crippen LogP contribution in [-0.4, -0.2) is 21.0 Å². The molecule has 1 amide bonds. The Morgan fingerprint density at radius 3 is 2.69 bits per heavy atom. The van der Waals surface area contributed by atoms with E-state index in [-0.39, 0.29) is 34.9 Å². The molecule has 2 aromatic heterocycles. The molecule has 0 saturated carbocycles. The average molecular weight is 471 g/mol. The second-order valence-electron chi connectivity index (χ2n) is 6.83. The predicted octanol–water partition coefficient (Wildman–Crippen LogP) is 5.13. The number of nitrogens with one attached hydrogen (secondary N) is 2. The lowest BCUT2D eigenvalue weighted by Crippen LogP contribution is -2.35. The van der Waals surface area contributed by atoms with Crippen molar-refractivity contribution in [3.05, 3.63) is 76.9 Å². The minimum atomic E-state index is -0.629. The zero-order chi connectivity index (χ0) is 22.7.